The Morgan fingerprint density at radius 3 is 2.68 bits per heavy atom. The van der Waals surface area contributed by atoms with Gasteiger partial charge in [0.15, 0.2) is 11.5 Å². The Morgan fingerprint density at radius 2 is 2.04 bits per heavy atom. The Bertz CT molecular complexity index is 810. The van der Waals surface area contributed by atoms with Crippen LogP contribution in [0.15, 0.2) is 71.6 Å². The molecular weight excluding hydrogens is 372 g/mol. The molecule has 0 unspecified atom stereocenters. The standard InChI is InChI=1S/C22H26N2O3S/c1-3-4-8-18(23-13-7-14-28-21-9-5-6-12-24-21)11-10-17-15-19(25)22(27-2)20(26)16-17/h3-6,8-12,15-16,23,25-26H,7,13-14H2,1-2H3/b4-3-,11-10+,18-8-. The zero-order valence-electron chi connectivity index (χ0n) is 16.1. The number of nitrogens with zero attached hydrogens (tertiary/aromatic N) is 1. The first kappa shape index (κ1) is 21.4. The molecule has 0 amide bonds. The number of ether oxygens (including phenoxy) is 1. The molecule has 0 aliphatic rings. The molecule has 0 aliphatic heterocycles. The van der Waals surface area contributed by atoms with Crippen LogP contribution in [-0.2, 0) is 0 Å². The first-order valence-electron chi connectivity index (χ1n) is 9.02. The van der Waals surface area contributed by atoms with Crippen molar-refractivity contribution in [2.75, 3.05) is 19.4 Å². The van der Waals surface area contributed by atoms with E-state index in [9.17, 15) is 10.2 Å². The molecule has 0 spiro atoms. The van der Waals surface area contributed by atoms with Gasteiger partial charge in [-0.2, -0.15) is 0 Å². The number of benzene rings is 1. The van der Waals surface area contributed by atoms with E-state index in [2.05, 4.69) is 10.3 Å². The maximum atomic E-state index is 9.91. The average molecular weight is 399 g/mol. The number of hydrogen-bond donors (Lipinski definition) is 3. The third kappa shape index (κ3) is 7.04. The van der Waals surface area contributed by atoms with Gasteiger partial charge in [-0.25, -0.2) is 4.98 Å². The maximum Gasteiger partial charge on any atom is 0.202 e. The zero-order chi connectivity index (χ0) is 20.2. The molecule has 0 atom stereocenters. The Hall–Kier alpha value is -2.86. The highest BCUT2D eigenvalue weighted by Gasteiger charge is 2.08. The molecule has 28 heavy (non-hydrogen) atoms. The van der Waals surface area contributed by atoms with Gasteiger partial charge in [-0.15, -0.1) is 11.8 Å². The van der Waals surface area contributed by atoms with E-state index < -0.39 is 0 Å². The lowest BCUT2D eigenvalue weighted by atomic mass is 10.1. The van der Waals surface area contributed by atoms with Gasteiger partial charge in [0.25, 0.3) is 0 Å². The van der Waals surface area contributed by atoms with Crippen LogP contribution < -0.4 is 10.1 Å². The summed E-state index contributed by atoms with van der Waals surface area (Å²) in [5.74, 6) is 0.858. The van der Waals surface area contributed by atoms with Crippen molar-refractivity contribution in [2.45, 2.75) is 18.4 Å². The molecule has 0 aliphatic carbocycles. The van der Waals surface area contributed by atoms with Crippen LogP contribution in [-0.4, -0.2) is 34.6 Å². The van der Waals surface area contributed by atoms with Crippen LogP contribution in [0.25, 0.3) is 6.08 Å². The van der Waals surface area contributed by atoms with E-state index in [1.165, 1.54) is 7.11 Å². The first-order valence-corrected chi connectivity index (χ1v) is 10.0. The summed E-state index contributed by atoms with van der Waals surface area (Å²) >= 11 is 1.74. The number of methoxy groups -OCH3 is 1. The number of thioether (sulfide) groups is 1. The molecular formula is C22H26N2O3S. The molecule has 0 fully saturated rings. The summed E-state index contributed by atoms with van der Waals surface area (Å²) < 4.78 is 4.95. The number of phenolic OH excluding ortho intramolecular Hbond substituents is 2. The van der Waals surface area contributed by atoms with Gasteiger partial charge in [-0.1, -0.05) is 24.3 Å². The second-order valence-corrected chi connectivity index (χ2v) is 6.99. The van der Waals surface area contributed by atoms with Crippen molar-refractivity contribution in [1.29, 1.82) is 0 Å². The van der Waals surface area contributed by atoms with E-state index >= 15 is 0 Å². The van der Waals surface area contributed by atoms with E-state index in [-0.39, 0.29) is 17.2 Å². The number of allylic oxidation sites excluding steroid dienone is 4. The van der Waals surface area contributed by atoms with E-state index in [4.69, 9.17) is 4.74 Å². The monoisotopic (exact) mass is 398 g/mol. The third-order valence-corrected chi connectivity index (χ3v) is 4.77. The maximum absolute atomic E-state index is 9.91. The molecule has 2 rings (SSSR count). The Balaban J connectivity index is 1.91. The van der Waals surface area contributed by atoms with Gasteiger partial charge < -0.3 is 20.3 Å². The van der Waals surface area contributed by atoms with E-state index in [1.54, 1.807) is 30.1 Å². The average Bonchev–Trinajstić information content (AvgIpc) is 2.70. The van der Waals surface area contributed by atoms with E-state index in [1.807, 2.05) is 55.5 Å². The second kappa shape index (κ2) is 11.8. The molecule has 1 heterocycles. The Labute approximate surface area is 170 Å². The van der Waals surface area contributed by atoms with Crippen LogP contribution >= 0.6 is 11.8 Å². The molecule has 0 saturated heterocycles. The van der Waals surface area contributed by atoms with Crippen LogP contribution in [0.5, 0.6) is 17.2 Å². The van der Waals surface area contributed by atoms with Gasteiger partial charge in [0.2, 0.25) is 5.75 Å². The van der Waals surface area contributed by atoms with E-state index in [0.717, 1.165) is 29.4 Å². The highest BCUT2D eigenvalue weighted by Crippen LogP contribution is 2.36. The van der Waals surface area contributed by atoms with Crippen molar-refractivity contribution in [1.82, 2.24) is 10.3 Å². The van der Waals surface area contributed by atoms with Gasteiger partial charge in [0, 0.05) is 24.2 Å². The lowest BCUT2D eigenvalue weighted by Crippen LogP contribution is -2.14. The fourth-order valence-corrected chi connectivity index (χ4v) is 3.21. The van der Waals surface area contributed by atoms with Gasteiger partial charge in [0.1, 0.15) is 0 Å². The lowest BCUT2D eigenvalue weighted by Gasteiger charge is -2.08. The predicted octanol–water partition coefficient (Wildman–Crippen LogP) is 4.75. The fourth-order valence-electron chi connectivity index (χ4n) is 2.40. The molecule has 6 heteroatoms. The molecule has 3 N–H and O–H groups in total. The van der Waals surface area contributed by atoms with Crippen LogP contribution in [0.1, 0.15) is 18.9 Å². The Morgan fingerprint density at radius 1 is 1.25 bits per heavy atom. The van der Waals surface area contributed by atoms with Crippen molar-refractivity contribution in [3.8, 4) is 17.2 Å². The predicted molar refractivity (Wildman–Crippen MR) is 116 cm³/mol. The smallest absolute Gasteiger partial charge is 0.202 e. The summed E-state index contributed by atoms with van der Waals surface area (Å²) in [4.78, 5) is 4.30. The van der Waals surface area contributed by atoms with Gasteiger partial charge in [0.05, 0.1) is 12.1 Å². The number of aromatic nitrogens is 1. The number of rotatable bonds is 10. The van der Waals surface area contributed by atoms with Crippen LogP contribution in [0.4, 0.5) is 0 Å². The van der Waals surface area contributed by atoms with E-state index in [0.29, 0.717) is 5.56 Å². The molecule has 2 aromatic rings. The summed E-state index contributed by atoms with van der Waals surface area (Å²) in [5, 5.41) is 24.2. The minimum atomic E-state index is -0.0966. The molecule has 0 saturated carbocycles. The number of phenols is 2. The van der Waals surface area contributed by atoms with Crippen LogP contribution in [0.2, 0.25) is 0 Å². The molecule has 0 bridgehead atoms. The zero-order valence-corrected chi connectivity index (χ0v) is 16.9. The largest absolute Gasteiger partial charge is 0.504 e. The molecule has 148 valence electrons. The van der Waals surface area contributed by atoms with Crippen molar-refractivity contribution in [2.24, 2.45) is 0 Å². The minimum absolute atomic E-state index is 0.0744. The first-order chi connectivity index (χ1) is 13.6. The summed E-state index contributed by atoms with van der Waals surface area (Å²) in [7, 11) is 1.40. The molecule has 5 nitrogen and oxygen atoms in total. The summed E-state index contributed by atoms with van der Waals surface area (Å²) in [6.45, 7) is 2.79. The SMILES string of the molecule is C\C=C/C=C(/C=C/c1cc(O)c(OC)c(O)c1)NCCCSc1ccccn1. The summed E-state index contributed by atoms with van der Waals surface area (Å²) in [5.41, 5.74) is 1.62. The van der Waals surface area contributed by atoms with Crippen LogP contribution in [0.3, 0.4) is 0 Å². The number of hydrogen-bond acceptors (Lipinski definition) is 6. The third-order valence-electron chi connectivity index (χ3n) is 3.74. The second-order valence-electron chi connectivity index (χ2n) is 5.87. The molecule has 1 aromatic carbocycles. The fraction of sp³-hybridized carbons (Fsp3) is 0.227. The number of pyridine rings is 1. The van der Waals surface area contributed by atoms with Crippen molar-refractivity contribution in [3.05, 3.63) is 72.1 Å². The van der Waals surface area contributed by atoms with Gasteiger partial charge in [-0.3, -0.25) is 0 Å². The number of nitrogens with one attached hydrogen (secondary N) is 1. The van der Waals surface area contributed by atoms with Crippen LogP contribution in [0, 0.1) is 0 Å². The number of aromatic hydroxyl groups is 2. The van der Waals surface area contributed by atoms with Gasteiger partial charge in [-0.05, 0) is 55.3 Å². The molecule has 0 radical (unpaired) electrons. The van der Waals surface area contributed by atoms with Crippen molar-refractivity contribution < 1.29 is 14.9 Å². The van der Waals surface area contributed by atoms with Crippen molar-refractivity contribution >= 4 is 17.8 Å². The summed E-state index contributed by atoms with van der Waals surface area (Å²) in [6.07, 6.45) is 12.4. The topological polar surface area (TPSA) is 74.6 Å². The van der Waals surface area contributed by atoms with Gasteiger partial charge >= 0.3 is 0 Å². The minimum Gasteiger partial charge on any atom is -0.504 e. The Kier molecular flexibility index (Phi) is 9.01. The normalized spacial score (nSPS) is 12.0. The summed E-state index contributed by atoms with van der Waals surface area (Å²) in [6, 6.07) is 9.01. The quantitative estimate of drug-likeness (QED) is 0.305. The van der Waals surface area contributed by atoms with Crippen molar-refractivity contribution in [3.63, 3.8) is 0 Å². The lowest BCUT2D eigenvalue weighted by molar-refractivity contribution is 0.344. The highest BCUT2D eigenvalue weighted by atomic mass is 32.2. The highest BCUT2D eigenvalue weighted by molar-refractivity contribution is 7.99. The molecule has 1 aromatic heterocycles.